The summed E-state index contributed by atoms with van der Waals surface area (Å²) in [6.45, 7) is 5.89. The van der Waals surface area contributed by atoms with E-state index >= 15 is 0 Å². The largest absolute Gasteiger partial charge is 0.496 e. The van der Waals surface area contributed by atoms with Gasteiger partial charge >= 0.3 is 0 Å². The van der Waals surface area contributed by atoms with E-state index in [-0.39, 0.29) is 18.0 Å². The van der Waals surface area contributed by atoms with Crippen molar-refractivity contribution >= 4 is 5.91 Å². The second-order valence-electron chi connectivity index (χ2n) is 5.84. The highest BCUT2D eigenvalue weighted by atomic mass is 16.5. The Labute approximate surface area is 127 Å². The van der Waals surface area contributed by atoms with Gasteiger partial charge in [0.1, 0.15) is 5.75 Å². The summed E-state index contributed by atoms with van der Waals surface area (Å²) in [5.41, 5.74) is 1.17. The molecule has 21 heavy (non-hydrogen) atoms. The van der Waals surface area contributed by atoms with Gasteiger partial charge in [0, 0.05) is 19.1 Å². The lowest BCUT2D eigenvalue weighted by atomic mass is 10.1. The number of benzene rings is 1. The van der Waals surface area contributed by atoms with E-state index in [2.05, 4.69) is 18.3 Å². The first-order valence-electron chi connectivity index (χ1n) is 7.78. The highest BCUT2D eigenvalue weighted by Crippen LogP contribution is 2.19. The molecule has 0 bridgehead atoms. The van der Waals surface area contributed by atoms with Crippen molar-refractivity contribution in [1.82, 2.24) is 10.2 Å². The SMILES string of the molecule is COc1ccccc1CC(C)NC(C)C(=O)N1CCCC1. The molecule has 1 N–H and O–H groups in total. The Morgan fingerprint density at radius 2 is 1.95 bits per heavy atom. The van der Waals surface area contributed by atoms with Crippen LogP contribution in [0.5, 0.6) is 5.75 Å². The molecule has 0 aromatic heterocycles. The number of carbonyl (C=O) groups excluding carboxylic acids is 1. The maximum absolute atomic E-state index is 12.3. The second kappa shape index (κ2) is 7.46. The third-order valence-corrected chi connectivity index (χ3v) is 4.04. The monoisotopic (exact) mass is 290 g/mol. The predicted molar refractivity (Wildman–Crippen MR) is 84.6 cm³/mol. The summed E-state index contributed by atoms with van der Waals surface area (Å²) in [5, 5.41) is 3.41. The van der Waals surface area contributed by atoms with E-state index in [9.17, 15) is 4.79 Å². The van der Waals surface area contributed by atoms with Crippen LogP contribution in [-0.4, -0.2) is 43.1 Å². The van der Waals surface area contributed by atoms with Crippen LogP contribution in [0.1, 0.15) is 32.3 Å². The maximum Gasteiger partial charge on any atom is 0.239 e. The van der Waals surface area contributed by atoms with Crippen LogP contribution in [0.25, 0.3) is 0 Å². The van der Waals surface area contributed by atoms with E-state index in [0.717, 1.165) is 38.1 Å². The van der Waals surface area contributed by atoms with Gasteiger partial charge in [0.2, 0.25) is 5.91 Å². The average Bonchev–Trinajstić information content (AvgIpc) is 3.01. The van der Waals surface area contributed by atoms with Gasteiger partial charge in [-0.3, -0.25) is 4.79 Å². The van der Waals surface area contributed by atoms with Gasteiger partial charge in [-0.1, -0.05) is 18.2 Å². The topological polar surface area (TPSA) is 41.6 Å². The fourth-order valence-electron chi connectivity index (χ4n) is 2.97. The van der Waals surface area contributed by atoms with Gasteiger partial charge in [-0.2, -0.15) is 0 Å². The fourth-order valence-corrected chi connectivity index (χ4v) is 2.97. The maximum atomic E-state index is 12.3. The van der Waals surface area contributed by atoms with Crippen LogP contribution in [0.3, 0.4) is 0 Å². The van der Waals surface area contributed by atoms with Crippen molar-refractivity contribution in [1.29, 1.82) is 0 Å². The molecule has 2 atom stereocenters. The van der Waals surface area contributed by atoms with Gasteiger partial charge in [0.05, 0.1) is 13.2 Å². The lowest BCUT2D eigenvalue weighted by molar-refractivity contribution is -0.132. The van der Waals surface area contributed by atoms with E-state index in [0.29, 0.717) is 0 Å². The number of nitrogens with one attached hydrogen (secondary N) is 1. The Morgan fingerprint density at radius 3 is 2.62 bits per heavy atom. The molecule has 2 rings (SSSR count). The van der Waals surface area contributed by atoms with Crippen molar-refractivity contribution in [3.05, 3.63) is 29.8 Å². The Kier molecular flexibility index (Phi) is 5.62. The van der Waals surface area contributed by atoms with Gasteiger partial charge < -0.3 is 15.0 Å². The second-order valence-corrected chi connectivity index (χ2v) is 5.84. The summed E-state index contributed by atoms with van der Waals surface area (Å²) in [6.07, 6.45) is 3.12. The highest BCUT2D eigenvalue weighted by Gasteiger charge is 2.24. The third kappa shape index (κ3) is 4.21. The zero-order chi connectivity index (χ0) is 15.2. The normalized spacial score (nSPS) is 17.6. The number of hydrogen-bond donors (Lipinski definition) is 1. The molecule has 1 aromatic carbocycles. The molecular formula is C17H26N2O2. The molecule has 116 valence electrons. The van der Waals surface area contributed by atoms with E-state index in [1.165, 1.54) is 5.56 Å². The number of hydrogen-bond acceptors (Lipinski definition) is 3. The first-order chi connectivity index (χ1) is 10.1. The zero-order valence-corrected chi connectivity index (χ0v) is 13.3. The quantitative estimate of drug-likeness (QED) is 0.873. The average molecular weight is 290 g/mol. The first kappa shape index (κ1) is 15.8. The Balaban J connectivity index is 1.88. The van der Waals surface area contributed by atoms with Crippen LogP contribution in [0.2, 0.25) is 0 Å². The number of ether oxygens (including phenoxy) is 1. The molecule has 1 amide bonds. The van der Waals surface area contributed by atoms with Crippen LogP contribution in [-0.2, 0) is 11.2 Å². The van der Waals surface area contributed by atoms with E-state index in [1.54, 1.807) is 7.11 Å². The molecule has 1 saturated heterocycles. The summed E-state index contributed by atoms with van der Waals surface area (Å²) in [4.78, 5) is 14.3. The molecule has 2 unspecified atom stereocenters. The highest BCUT2D eigenvalue weighted by molar-refractivity contribution is 5.81. The van der Waals surface area contributed by atoms with Crippen molar-refractivity contribution < 1.29 is 9.53 Å². The molecular weight excluding hydrogens is 264 g/mol. The van der Waals surface area contributed by atoms with Crippen LogP contribution < -0.4 is 10.1 Å². The predicted octanol–water partition coefficient (Wildman–Crippen LogP) is 2.23. The van der Waals surface area contributed by atoms with E-state index in [1.807, 2.05) is 30.0 Å². The first-order valence-corrected chi connectivity index (χ1v) is 7.78. The Morgan fingerprint density at radius 1 is 1.29 bits per heavy atom. The molecule has 0 saturated carbocycles. The number of nitrogens with zero attached hydrogens (tertiary/aromatic N) is 1. The van der Waals surface area contributed by atoms with E-state index in [4.69, 9.17) is 4.74 Å². The Bertz CT molecular complexity index is 470. The minimum absolute atomic E-state index is 0.132. The van der Waals surface area contributed by atoms with Gasteiger partial charge in [0.25, 0.3) is 0 Å². The van der Waals surface area contributed by atoms with Gasteiger partial charge in [0.15, 0.2) is 0 Å². The minimum atomic E-state index is -0.132. The summed E-state index contributed by atoms with van der Waals surface area (Å²) in [7, 11) is 1.69. The van der Waals surface area contributed by atoms with Crippen molar-refractivity contribution in [3.63, 3.8) is 0 Å². The van der Waals surface area contributed by atoms with Crippen LogP contribution in [0, 0.1) is 0 Å². The smallest absolute Gasteiger partial charge is 0.239 e. The number of carbonyl (C=O) groups is 1. The fraction of sp³-hybridized carbons (Fsp3) is 0.588. The zero-order valence-electron chi connectivity index (χ0n) is 13.3. The summed E-state index contributed by atoms with van der Waals surface area (Å²) >= 11 is 0. The number of amides is 1. The molecule has 4 nitrogen and oxygen atoms in total. The van der Waals surface area contributed by atoms with Crippen LogP contribution >= 0.6 is 0 Å². The molecule has 1 fully saturated rings. The third-order valence-electron chi connectivity index (χ3n) is 4.04. The molecule has 4 heteroatoms. The number of methoxy groups -OCH3 is 1. The summed E-state index contributed by atoms with van der Waals surface area (Å²) in [6, 6.07) is 8.13. The molecule has 0 radical (unpaired) electrons. The van der Waals surface area contributed by atoms with E-state index < -0.39 is 0 Å². The number of rotatable bonds is 6. The van der Waals surface area contributed by atoms with Gasteiger partial charge in [-0.15, -0.1) is 0 Å². The molecule has 1 aliphatic heterocycles. The van der Waals surface area contributed by atoms with Crippen molar-refractivity contribution in [2.75, 3.05) is 20.2 Å². The molecule has 1 heterocycles. The summed E-state index contributed by atoms with van der Waals surface area (Å²) in [5.74, 6) is 1.13. The van der Waals surface area contributed by atoms with Crippen LogP contribution in [0.4, 0.5) is 0 Å². The van der Waals surface area contributed by atoms with Crippen molar-refractivity contribution in [2.24, 2.45) is 0 Å². The lowest BCUT2D eigenvalue weighted by Crippen LogP contribution is -2.47. The molecule has 0 spiro atoms. The minimum Gasteiger partial charge on any atom is -0.496 e. The van der Waals surface area contributed by atoms with Crippen molar-refractivity contribution in [3.8, 4) is 5.75 Å². The van der Waals surface area contributed by atoms with Gasteiger partial charge in [-0.05, 0) is 44.7 Å². The standard InChI is InChI=1S/C17H26N2O2/c1-13(12-15-8-4-5-9-16(15)21-3)18-14(2)17(20)19-10-6-7-11-19/h4-5,8-9,13-14,18H,6-7,10-12H2,1-3H3. The lowest BCUT2D eigenvalue weighted by Gasteiger charge is -2.24. The Hall–Kier alpha value is -1.55. The van der Waals surface area contributed by atoms with Crippen LogP contribution in [0.15, 0.2) is 24.3 Å². The number of likely N-dealkylation sites (tertiary alicyclic amines) is 1. The number of para-hydroxylation sites is 1. The van der Waals surface area contributed by atoms with Crippen molar-refractivity contribution in [2.45, 2.75) is 45.2 Å². The molecule has 0 aliphatic carbocycles. The van der Waals surface area contributed by atoms with Gasteiger partial charge in [-0.25, -0.2) is 0 Å². The molecule has 1 aliphatic rings. The summed E-state index contributed by atoms with van der Waals surface area (Å²) < 4.78 is 5.38. The molecule has 1 aromatic rings.